The van der Waals surface area contributed by atoms with Crippen molar-refractivity contribution >= 4 is 17.5 Å². The molecule has 0 radical (unpaired) electrons. The third-order valence-electron chi connectivity index (χ3n) is 4.20. The molecule has 0 unspecified atom stereocenters. The standard InChI is InChI=1S/C21H26N2O4/c1-13-8-14(2)21(15(3)9-13)23-20(25)12-22-19(24)11-16-6-7-17(26-4)18(10-16)27-5/h6-10H,11-12H2,1-5H3,(H,22,24)(H,23,25). The largest absolute Gasteiger partial charge is 0.493 e. The topological polar surface area (TPSA) is 76.7 Å². The van der Waals surface area contributed by atoms with Crippen LogP contribution in [0.3, 0.4) is 0 Å². The summed E-state index contributed by atoms with van der Waals surface area (Å²) < 4.78 is 10.4. The number of carbonyl (C=O) groups is 2. The van der Waals surface area contributed by atoms with Gasteiger partial charge in [0, 0.05) is 5.69 Å². The number of carbonyl (C=O) groups excluding carboxylic acids is 2. The van der Waals surface area contributed by atoms with Crippen molar-refractivity contribution in [2.24, 2.45) is 0 Å². The van der Waals surface area contributed by atoms with E-state index in [1.54, 1.807) is 32.4 Å². The molecule has 144 valence electrons. The van der Waals surface area contributed by atoms with E-state index in [2.05, 4.69) is 10.6 Å². The molecule has 0 aliphatic heterocycles. The SMILES string of the molecule is COc1ccc(CC(=O)NCC(=O)Nc2c(C)cc(C)cc2C)cc1OC. The summed E-state index contributed by atoms with van der Waals surface area (Å²) in [7, 11) is 3.10. The third-order valence-corrected chi connectivity index (χ3v) is 4.20. The van der Waals surface area contributed by atoms with Crippen molar-refractivity contribution in [3.8, 4) is 11.5 Å². The maximum absolute atomic E-state index is 12.2. The highest BCUT2D eigenvalue weighted by molar-refractivity contribution is 5.96. The van der Waals surface area contributed by atoms with Gasteiger partial charge in [-0.1, -0.05) is 23.8 Å². The number of rotatable bonds is 7. The summed E-state index contributed by atoms with van der Waals surface area (Å²) in [5.74, 6) is 0.663. The fourth-order valence-electron chi connectivity index (χ4n) is 2.98. The molecule has 0 aliphatic rings. The zero-order valence-electron chi connectivity index (χ0n) is 16.4. The molecule has 0 saturated heterocycles. The molecular formula is C21H26N2O4. The molecule has 0 aliphatic carbocycles. The molecule has 0 aromatic heterocycles. The van der Waals surface area contributed by atoms with Crippen molar-refractivity contribution in [1.82, 2.24) is 5.32 Å². The van der Waals surface area contributed by atoms with E-state index in [1.165, 1.54) is 0 Å². The maximum atomic E-state index is 12.2. The molecule has 0 atom stereocenters. The summed E-state index contributed by atoms with van der Waals surface area (Å²) >= 11 is 0. The molecule has 0 spiro atoms. The van der Waals surface area contributed by atoms with Crippen LogP contribution in [0.15, 0.2) is 30.3 Å². The van der Waals surface area contributed by atoms with Crippen LogP contribution in [0.25, 0.3) is 0 Å². The van der Waals surface area contributed by atoms with Crippen LogP contribution in [0.5, 0.6) is 11.5 Å². The van der Waals surface area contributed by atoms with E-state index >= 15 is 0 Å². The van der Waals surface area contributed by atoms with Gasteiger partial charge in [0.05, 0.1) is 27.2 Å². The van der Waals surface area contributed by atoms with Gasteiger partial charge in [-0.2, -0.15) is 0 Å². The average Bonchev–Trinajstić information content (AvgIpc) is 2.62. The van der Waals surface area contributed by atoms with Crippen molar-refractivity contribution in [3.05, 3.63) is 52.6 Å². The summed E-state index contributed by atoms with van der Waals surface area (Å²) in [5, 5.41) is 5.51. The molecule has 0 bridgehead atoms. The van der Waals surface area contributed by atoms with E-state index in [9.17, 15) is 9.59 Å². The average molecular weight is 370 g/mol. The molecule has 0 saturated carbocycles. The Kier molecular flexibility index (Phi) is 6.82. The van der Waals surface area contributed by atoms with Crippen LogP contribution in [0.1, 0.15) is 22.3 Å². The zero-order chi connectivity index (χ0) is 20.0. The van der Waals surface area contributed by atoms with Gasteiger partial charge >= 0.3 is 0 Å². The van der Waals surface area contributed by atoms with E-state index in [1.807, 2.05) is 32.9 Å². The first-order valence-corrected chi connectivity index (χ1v) is 8.69. The molecular weight excluding hydrogens is 344 g/mol. The Hall–Kier alpha value is -3.02. The predicted molar refractivity (Wildman–Crippen MR) is 106 cm³/mol. The Balaban J connectivity index is 1.91. The first-order valence-electron chi connectivity index (χ1n) is 8.69. The van der Waals surface area contributed by atoms with Gasteiger partial charge in [-0.25, -0.2) is 0 Å². The van der Waals surface area contributed by atoms with Crippen molar-refractivity contribution in [2.45, 2.75) is 27.2 Å². The van der Waals surface area contributed by atoms with Crippen LogP contribution in [-0.2, 0) is 16.0 Å². The van der Waals surface area contributed by atoms with Crippen molar-refractivity contribution in [3.63, 3.8) is 0 Å². The Morgan fingerprint density at radius 2 is 1.52 bits per heavy atom. The van der Waals surface area contributed by atoms with Gasteiger partial charge < -0.3 is 20.1 Å². The number of benzene rings is 2. The molecule has 6 nitrogen and oxygen atoms in total. The van der Waals surface area contributed by atoms with Crippen LogP contribution in [0, 0.1) is 20.8 Å². The Morgan fingerprint density at radius 3 is 2.11 bits per heavy atom. The molecule has 2 N–H and O–H groups in total. The number of hydrogen-bond donors (Lipinski definition) is 2. The van der Waals surface area contributed by atoms with Gasteiger partial charge in [0.1, 0.15) is 0 Å². The number of nitrogens with one attached hydrogen (secondary N) is 2. The smallest absolute Gasteiger partial charge is 0.243 e. The quantitative estimate of drug-likeness (QED) is 0.786. The summed E-state index contributed by atoms with van der Waals surface area (Å²) in [5.41, 5.74) is 4.71. The van der Waals surface area contributed by atoms with Crippen molar-refractivity contribution in [1.29, 1.82) is 0 Å². The number of ether oxygens (including phenoxy) is 2. The highest BCUT2D eigenvalue weighted by Gasteiger charge is 2.11. The lowest BCUT2D eigenvalue weighted by atomic mass is 10.1. The Bertz CT molecular complexity index is 823. The van der Waals surface area contributed by atoms with Gasteiger partial charge in [0.25, 0.3) is 0 Å². The van der Waals surface area contributed by atoms with Crippen LogP contribution in [-0.4, -0.2) is 32.6 Å². The molecule has 27 heavy (non-hydrogen) atoms. The van der Waals surface area contributed by atoms with E-state index in [0.717, 1.165) is 27.9 Å². The summed E-state index contributed by atoms with van der Waals surface area (Å²) in [4.78, 5) is 24.3. The molecule has 0 heterocycles. The fraction of sp³-hybridized carbons (Fsp3) is 0.333. The van der Waals surface area contributed by atoms with Gasteiger partial charge in [-0.15, -0.1) is 0 Å². The minimum Gasteiger partial charge on any atom is -0.493 e. The first-order chi connectivity index (χ1) is 12.8. The summed E-state index contributed by atoms with van der Waals surface area (Å²) in [6.07, 6.45) is 0.149. The first kappa shape index (κ1) is 20.3. The van der Waals surface area contributed by atoms with Crippen LogP contribution in [0.2, 0.25) is 0 Å². The second-order valence-electron chi connectivity index (χ2n) is 6.46. The summed E-state index contributed by atoms with van der Waals surface area (Å²) in [6.45, 7) is 5.83. The van der Waals surface area contributed by atoms with Gasteiger partial charge in [-0.3, -0.25) is 9.59 Å². The monoisotopic (exact) mass is 370 g/mol. The molecule has 0 fully saturated rings. The number of methoxy groups -OCH3 is 2. The van der Waals surface area contributed by atoms with Gasteiger partial charge in [-0.05, 0) is 49.6 Å². The van der Waals surface area contributed by atoms with Gasteiger partial charge in [0.15, 0.2) is 11.5 Å². The second-order valence-corrected chi connectivity index (χ2v) is 6.46. The Labute approximate surface area is 159 Å². The minimum atomic E-state index is -0.259. The predicted octanol–water partition coefficient (Wildman–Crippen LogP) is 2.93. The lowest BCUT2D eigenvalue weighted by Crippen LogP contribution is -2.34. The number of aryl methyl sites for hydroxylation is 3. The van der Waals surface area contributed by atoms with Crippen LogP contribution in [0.4, 0.5) is 5.69 Å². The molecule has 2 aromatic rings. The number of anilines is 1. The summed E-state index contributed by atoms with van der Waals surface area (Å²) in [6, 6.07) is 9.31. The molecule has 2 rings (SSSR count). The highest BCUT2D eigenvalue weighted by Crippen LogP contribution is 2.27. The van der Waals surface area contributed by atoms with Gasteiger partial charge in [0.2, 0.25) is 11.8 Å². The van der Waals surface area contributed by atoms with E-state index in [4.69, 9.17) is 9.47 Å². The number of amides is 2. The third kappa shape index (κ3) is 5.48. The maximum Gasteiger partial charge on any atom is 0.243 e. The van der Waals surface area contributed by atoms with Crippen LogP contribution >= 0.6 is 0 Å². The van der Waals surface area contributed by atoms with E-state index in [0.29, 0.717) is 11.5 Å². The normalized spacial score (nSPS) is 10.3. The van der Waals surface area contributed by atoms with Crippen molar-refractivity contribution in [2.75, 3.05) is 26.1 Å². The zero-order valence-corrected chi connectivity index (χ0v) is 16.4. The fourth-order valence-corrected chi connectivity index (χ4v) is 2.98. The molecule has 2 aromatic carbocycles. The van der Waals surface area contributed by atoms with E-state index in [-0.39, 0.29) is 24.8 Å². The lowest BCUT2D eigenvalue weighted by molar-refractivity contribution is -0.123. The number of hydrogen-bond acceptors (Lipinski definition) is 4. The second kappa shape index (κ2) is 9.07. The molecule has 2 amide bonds. The highest BCUT2D eigenvalue weighted by atomic mass is 16.5. The van der Waals surface area contributed by atoms with E-state index < -0.39 is 0 Å². The molecule has 6 heteroatoms. The van der Waals surface area contributed by atoms with Crippen molar-refractivity contribution < 1.29 is 19.1 Å². The Morgan fingerprint density at radius 1 is 0.889 bits per heavy atom. The lowest BCUT2D eigenvalue weighted by Gasteiger charge is -2.13. The minimum absolute atomic E-state index is 0.0844. The van der Waals surface area contributed by atoms with Crippen LogP contribution < -0.4 is 20.1 Å².